The molecule has 152 valence electrons. The first-order valence-electron chi connectivity index (χ1n) is 7.21. The van der Waals surface area contributed by atoms with E-state index in [9.17, 15) is 22.9 Å². The molecule has 2 aromatic carbocycles. The number of hydrogen-bond donors (Lipinski definition) is 1. The molecular weight excluding hydrogens is 846 g/mol. The van der Waals surface area contributed by atoms with Crippen LogP contribution in [0.2, 0.25) is 0 Å². The highest BCUT2D eigenvalue weighted by Crippen LogP contribution is 2.37. The van der Waals surface area contributed by atoms with Crippen LogP contribution in [0.4, 0.5) is 0 Å². The smallest absolute Gasteiger partial charge is 0.262 e. The van der Waals surface area contributed by atoms with E-state index >= 15 is 0 Å². The minimum Gasteiger partial charge on any atom is -0.716 e. The Balaban J connectivity index is 2.32. The lowest BCUT2D eigenvalue weighted by molar-refractivity contribution is -0.437. The molecule has 3 N–H and O–H groups in total. The van der Waals surface area contributed by atoms with Gasteiger partial charge in [0.15, 0.2) is 11.5 Å². The number of carboxylic acid groups (broad SMARTS) is 1. The molecule has 2 rings (SSSR count). The number of quaternary nitrogens is 1. The third kappa shape index (κ3) is 6.93. The van der Waals surface area contributed by atoms with Crippen molar-refractivity contribution in [1.82, 2.24) is 0 Å². The van der Waals surface area contributed by atoms with E-state index in [-0.39, 0.29) is 12.2 Å². The van der Waals surface area contributed by atoms with Gasteiger partial charge in [0.05, 0.1) is 20.3 Å². The summed E-state index contributed by atoms with van der Waals surface area (Å²) in [4.78, 5) is 10.9. The quantitative estimate of drug-likeness (QED) is 0.254. The van der Waals surface area contributed by atoms with Crippen LogP contribution in [0.3, 0.4) is 0 Å². The Morgan fingerprint density at radius 1 is 1.00 bits per heavy atom. The zero-order valence-corrected chi connectivity index (χ0v) is 23.0. The van der Waals surface area contributed by atoms with Gasteiger partial charge in [-0.05, 0) is 120 Å². The molecule has 13 heteroatoms. The van der Waals surface area contributed by atoms with E-state index in [4.69, 9.17) is 4.74 Å². The SMILES string of the molecule is [NH3+]C(Cc1cc(I)c(Oc2cc(I)c(OS(=O)(=O)[O-])c(I)c2)c(I)c1)C(=O)[O-]. The van der Waals surface area contributed by atoms with Crippen molar-refractivity contribution < 1.29 is 37.5 Å². The standard InChI is InChI=1S/C15H11I4NO7S/c16-8-1-6(3-12(20)15(21)22)2-9(17)13(8)26-7-4-10(18)14(11(19)5-7)27-28(23,24)25/h1-2,4-5,12H,3,20H2,(H,21,22)(H,23,24,25)/p-1. The lowest BCUT2D eigenvalue weighted by Gasteiger charge is -2.16. The molecule has 0 aliphatic carbocycles. The summed E-state index contributed by atoms with van der Waals surface area (Å²) in [5, 5.41) is 10.9. The molecule has 0 saturated carbocycles. The topological polar surface area (TPSA) is 143 Å². The maximum atomic E-state index is 10.9. The number of rotatable bonds is 7. The number of carbonyl (C=O) groups excluding carboxylic acids is 1. The number of benzene rings is 2. The first-order valence-corrected chi connectivity index (χ1v) is 12.9. The molecule has 2 aromatic rings. The van der Waals surface area contributed by atoms with Gasteiger partial charge < -0.3 is 29.1 Å². The van der Waals surface area contributed by atoms with Crippen molar-refractivity contribution >= 4 is 107 Å². The molecule has 0 aliphatic rings. The van der Waals surface area contributed by atoms with Gasteiger partial charge in [-0.15, -0.1) is 0 Å². The van der Waals surface area contributed by atoms with Crippen LogP contribution in [0.15, 0.2) is 24.3 Å². The second-order valence-electron chi connectivity index (χ2n) is 5.42. The predicted molar refractivity (Wildman–Crippen MR) is 130 cm³/mol. The molecule has 0 radical (unpaired) electrons. The van der Waals surface area contributed by atoms with Crippen LogP contribution in [-0.2, 0) is 21.6 Å². The van der Waals surface area contributed by atoms with E-state index in [2.05, 4.69) is 55.1 Å². The second-order valence-corrected chi connectivity index (χ2v) is 11.1. The molecule has 0 aromatic heterocycles. The van der Waals surface area contributed by atoms with E-state index in [1.165, 1.54) is 0 Å². The lowest BCUT2D eigenvalue weighted by Crippen LogP contribution is -2.69. The highest BCUT2D eigenvalue weighted by atomic mass is 127. The Morgan fingerprint density at radius 3 is 1.89 bits per heavy atom. The predicted octanol–water partition coefficient (Wildman–Crippen LogP) is 1.64. The van der Waals surface area contributed by atoms with Gasteiger partial charge in [0.25, 0.3) is 10.4 Å². The molecule has 0 heterocycles. The maximum Gasteiger partial charge on any atom is 0.262 e. The van der Waals surface area contributed by atoms with Crippen LogP contribution >= 0.6 is 90.4 Å². The monoisotopic (exact) mass is 856 g/mol. The van der Waals surface area contributed by atoms with Crippen molar-refractivity contribution in [3.05, 3.63) is 44.1 Å². The van der Waals surface area contributed by atoms with Gasteiger partial charge in [-0.25, -0.2) is 8.42 Å². The van der Waals surface area contributed by atoms with Gasteiger partial charge >= 0.3 is 0 Å². The maximum absolute atomic E-state index is 10.9. The van der Waals surface area contributed by atoms with Gasteiger partial charge in [-0.1, -0.05) is 0 Å². The zero-order chi connectivity index (χ0) is 21.2. The molecule has 28 heavy (non-hydrogen) atoms. The largest absolute Gasteiger partial charge is 0.716 e. The zero-order valence-electron chi connectivity index (χ0n) is 13.6. The second kappa shape index (κ2) is 10.1. The summed E-state index contributed by atoms with van der Waals surface area (Å²) in [7, 11) is -4.88. The average molecular weight is 856 g/mol. The highest BCUT2D eigenvalue weighted by Gasteiger charge is 2.17. The van der Waals surface area contributed by atoms with Gasteiger partial charge in [-0.3, -0.25) is 0 Å². The molecule has 8 nitrogen and oxygen atoms in total. The number of hydrogen-bond acceptors (Lipinski definition) is 7. The number of carboxylic acids is 1. The third-order valence-electron chi connectivity index (χ3n) is 3.25. The van der Waals surface area contributed by atoms with Crippen LogP contribution in [-0.4, -0.2) is 25.0 Å². The first kappa shape index (κ1) is 24.6. The number of ether oxygens (including phenoxy) is 1. The summed E-state index contributed by atoms with van der Waals surface area (Å²) in [6.45, 7) is 0. The third-order valence-corrected chi connectivity index (χ3v) is 6.83. The molecule has 0 amide bonds. The van der Waals surface area contributed by atoms with Gasteiger partial charge in [0.1, 0.15) is 11.8 Å². The highest BCUT2D eigenvalue weighted by molar-refractivity contribution is 14.1. The molecule has 0 saturated heterocycles. The van der Waals surface area contributed by atoms with E-state index in [1.807, 2.05) is 45.2 Å². The Morgan fingerprint density at radius 2 is 1.46 bits per heavy atom. The fourth-order valence-corrected chi connectivity index (χ4v) is 6.82. The minimum atomic E-state index is -4.88. The molecule has 0 fully saturated rings. The van der Waals surface area contributed by atoms with Crippen molar-refractivity contribution in [2.75, 3.05) is 0 Å². The number of carbonyl (C=O) groups is 1. The number of halogens is 4. The summed E-state index contributed by atoms with van der Waals surface area (Å²) in [6, 6.07) is 5.84. The van der Waals surface area contributed by atoms with Crippen molar-refractivity contribution in [3.8, 4) is 17.2 Å². The molecule has 1 atom stereocenters. The van der Waals surface area contributed by atoms with Crippen molar-refractivity contribution in [3.63, 3.8) is 0 Å². The average Bonchev–Trinajstić information content (AvgIpc) is 2.53. The van der Waals surface area contributed by atoms with Crippen molar-refractivity contribution in [2.45, 2.75) is 12.5 Å². The van der Waals surface area contributed by atoms with Crippen molar-refractivity contribution in [1.29, 1.82) is 0 Å². The van der Waals surface area contributed by atoms with Crippen molar-refractivity contribution in [2.24, 2.45) is 0 Å². The Bertz CT molecular complexity index is 983. The van der Waals surface area contributed by atoms with Gasteiger partial charge in [0, 0.05) is 6.42 Å². The van der Waals surface area contributed by atoms with Gasteiger partial charge in [-0.2, -0.15) is 0 Å². The summed E-state index contributed by atoms with van der Waals surface area (Å²) in [6.07, 6.45) is 0.236. The van der Waals surface area contributed by atoms with E-state index in [0.717, 1.165) is 12.7 Å². The molecule has 0 bridgehead atoms. The van der Waals surface area contributed by atoms with E-state index in [1.54, 1.807) is 24.3 Å². The minimum absolute atomic E-state index is 0.0490. The Hall–Kier alpha value is 0.300. The van der Waals surface area contributed by atoms with E-state index in [0.29, 0.717) is 18.6 Å². The summed E-state index contributed by atoms with van der Waals surface area (Å²) >= 11 is 7.87. The Labute approximate surface area is 215 Å². The summed E-state index contributed by atoms with van der Waals surface area (Å²) in [5.74, 6) is -0.266. The lowest BCUT2D eigenvalue weighted by atomic mass is 10.1. The summed E-state index contributed by atoms with van der Waals surface area (Å²) in [5.41, 5.74) is 4.35. The molecule has 0 aliphatic heterocycles. The van der Waals surface area contributed by atoms with E-state index < -0.39 is 22.4 Å². The van der Waals surface area contributed by atoms with Crippen LogP contribution in [0.5, 0.6) is 17.2 Å². The fraction of sp³-hybridized carbons (Fsp3) is 0.133. The normalized spacial score (nSPS) is 12.5. The number of aliphatic carboxylic acids is 1. The van der Waals surface area contributed by atoms with Crippen LogP contribution in [0.25, 0.3) is 0 Å². The summed E-state index contributed by atoms with van der Waals surface area (Å²) < 4.78 is 45.3. The Kier molecular flexibility index (Phi) is 8.84. The van der Waals surface area contributed by atoms with Crippen LogP contribution in [0, 0.1) is 14.3 Å². The van der Waals surface area contributed by atoms with Gasteiger partial charge in [0.2, 0.25) is 0 Å². The molecule has 0 spiro atoms. The first-order chi connectivity index (χ1) is 12.9. The fourth-order valence-electron chi connectivity index (χ4n) is 2.09. The van der Waals surface area contributed by atoms with Crippen LogP contribution in [0.1, 0.15) is 5.56 Å². The molecule has 1 unspecified atom stereocenters. The molecular formula is C15H10I4NO7S-. The van der Waals surface area contributed by atoms with Crippen LogP contribution < -0.4 is 19.8 Å².